The zero-order valence-corrected chi connectivity index (χ0v) is 13.5. The Kier molecular flexibility index (Phi) is 5.73. The van der Waals surface area contributed by atoms with Crippen LogP contribution in [0.4, 0.5) is 5.13 Å². The van der Waals surface area contributed by atoms with Crippen LogP contribution >= 0.6 is 11.3 Å². The average molecular weight is 309 g/mol. The van der Waals surface area contributed by atoms with Gasteiger partial charge in [-0.15, -0.1) is 11.3 Å². The summed E-state index contributed by atoms with van der Waals surface area (Å²) in [4.78, 5) is 30.3. The molecule has 1 atom stereocenters. The standard InChI is InChI=1S/C15H23N3O2S/c1-3-6-12-10-21-15(16-12)17-14(20)11-7-5-8-18(9-11)13(19)4-2/h10-11H,3-9H2,1-2H3,(H,16,17,20)/t11-/m0/s1. The van der Waals surface area contributed by atoms with Gasteiger partial charge in [0.05, 0.1) is 11.6 Å². The molecule has 0 unspecified atom stereocenters. The summed E-state index contributed by atoms with van der Waals surface area (Å²) in [5.41, 5.74) is 1.03. The molecule has 1 aliphatic rings. The summed E-state index contributed by atoms with van der Waals surface area (Å²) in [6, 6.07) is 0. The zero-order valence-electron chi connectivity index (χ0n) is 12.7. The van der Waals surface area contributed by atoms with Crippen molar-refractivity contribution in [2.45, 2.75) is 46.0 Å². The Morgan fingerprint density at radius 2 is 2.29 bits per heavy atom. The Morgan fingerprint density at radius 1 is 1.48 bits per heavy atom. The Balaban J connectivity index is 1.91. The first-order valence-corrected chi connectivity index (χ1v) is 8.55. The summed E-state index contributed by atoms with van der Waals surface area (Å²) in [5, 5.41) is 5.56. The Morgan fingerprint density at radius 3 is 3.00 bits per heavy atom. The van der Waals surface area contributed by atoms with Crippen LogP contribution < -0.4 is 5.32 Å². The van der Waals surface area contributed by atoms with E-state index in [4.69, 9.17) is 0 Å². The number of nitrogens with zero attached hydrogens (tertiary/aromatic N) is 2. The van der Waals surface area contributed by atoms with E-state index in [1.54, 1.807) is 4.90 Å². The van der Waals surface area contributed by atoms with Crippen molar-refractivity contribution < 1.29 is 9.59 Å². The van der Waals surface area contributed by atoms with Gasteiger partial charge in [0.15, 0.2) is 5.13 Å². The molecule has 1 N–H and O–H groups in total. The number of likely N-dealkylation sites (tertiary alicyclic amines) is 1. The fourth-order valence-corrected chi connectivity index (χ4v) is 3.33. The fourth-order valence-electron chi connectivity index (χ4n) is 2.58. The van der Waals surface area contributed by atoms with Gasteiger partial charge in [0.25, 0.3) is 0 Å². The monoisotopic (exact) mass is 309 g/mol. The first-order chi connectivity index (χ1) is 10.1. The van der Waals surface area contributed by atoms with Crippen LogP contribution in [0, 0.1) is 5.92 Å². The summed E-state index contributed by atoms with van der Waals surface area (Å²) < 4.78 is 0. The summed E-state index contributed by atoms with van der Waals surface area (Å²) in [6.45, 7) is 5.27. The quantitative estimate of drug-likeness (QED) is 0.909. The number of rotatable bonds is 5. The van der Waals surface area contributed by atoms with Crippen molar-refractivity contribution in [3.05, 3.63) is 11.1 Å². The molecule has 1 aromatic heterocycles. The molecule has 0 radical (unpaired) electrons. The number of carbonyl (C=O) groups excluding carboxylic acids is 2. The van der Waals surface area contributed by atoms with Gasteiger partial charge in [-0.05, 0) is 19.3 Å². The second-order valence-corrected chi connectivity index (χ2v) is 6.27. The maximum atomic E-state index is 12.3. The number of hydrogen-bond donors (Lipinski definition) is 1. The second-order valence-electron chi connectivity index (χ2n) is 5.42. The minimum absolute atomic E-state index is 0.0130. The van der Waals surface area contributed by atoms with E-state index in [0.717, 1.165) is 37.9 Å². The lowest BCUT2D eigenvalue weighted by Crippen LogP contribution is -2.43. The molecule has 1 fully saturated rings. The third-order valence-corrected chi connectivity index (χ3v) is 4.54. The average Bonchev–Trinajstić information content (AvgIpc) is 2.94. The Labute approximate surface area is 129 Å². The molecule has 1 aromatic rings. The summed E-state index contributed by atoms with van der Waals surface area (Å²) >= 11 is 1.47. The molecule has 0 aromatic carbocycles. The SMILES string of the molecule is CCCc1csc(NC(=O)[C@H]2CCCN(C(=O)CC)C2)n1. The lowest BCUT2D eigenvalue weighted by atomic mass is 9.97. The van der Waals surface area contributed by atoms with Gasteiger partial charge < -0.3 is 10.2 Å². The van der Waals surface area contributed by atoms with Gasteiger partial charge in [-0.2, -0.15) is 0 Å². The first kappa shape index (κ1) is 15.9. The third-order valence-electron chi connectivity index (χ3n) is 3.74. The molecule has 1 aliphatic heterocycles. The van der Waals surface area contributed by atoms with Crippen LogP contribution in [0.1, 0.15) is 45.2 Å². The zero-order chi connectivity index (χ0) is 15.2. The van der Waals surface area contributed by atoms with Gasteiger partial charge in [0.2, 0.25) is 11.8 Å². The van der Waals surface area contributed by atoms with Crippen LogP contribution in [0.2, 0.25) is 0 Å². The lowest BCUT2D eigenvalue weighted by Gasteiger charge is -2.31. The predicted molar refractivity (Wildman–Crippen MR) is 84.3 cm³/mol. The lowest BCUT2D eigenvalue weighted by molar-refractivity contribution is -0.134. The number of amides is 2. The van der Waals surface area contributed by atoms with Crippen LogP contribution in [0.15, 0.2) is 5.38 Å². The highest BCUT2D eigenvalue weighted by molar-refractivity contribution is 7.13. The molecule has 2 heterocycles. The highest BCUT2D eigenvalue weighted by Crippen LogP contribution is 2.21. The maximum absolute atomic E-state index is 12.3. The van der Waals surface area contributed by atoms with Gasteiger partial charge in [0.1, 0.15) is 0 Å². The predicted octanol–water partition coefficient (Wildman–Crippen LogP) is 2.68. The van der Waals surface area contributed by atoms with Crippen molar-refractivity contribution in [1.29, 1.82) is 0 Å². The second kappa shape index (κ2) is 7.54. The van der Waals surface area contributed by atoms with Crippen molar-refractivity contribution in [1.82, 2.24) is 9.88 Å². The minimum atomic E-state index is -0.118. The first-order valence-electron chi connectivity index (χ1n) is 7.67. The number of aryl methyl sites for hydroxylation is 1. The van der Waals surface area contributed by atoms with E-state index < -0.39 is 0 Å². The molecular formula is C15H23N3O2S. The van der Waals surface area contributed by atoms with Gasteiger partial charge in [-0.3, -0.25) is 9.59 Å². The number of hydrogen-bond acceptors (Lipinski definition) is 4. The van der Waals surface area contributed by atoms with Crippen LogP contribution in [-0.2, 0) is 16.0 Å². The highest BCUT2D eigenvalue weighted by atomic mass is 32.1. The van der Waals surface area contributed by atoms with E-state index in [9.17, 15) is 9.59 Å². The third kappa shape index (κ3) is 4.27. The van der Waals surface area contributed by atoms with Crippen LogP contribution in [0.5, 0.6) is 0 Å². The fraction of sp³-hybridized carbons (Fsp3) is 0.667. The van der Waals surface area contributed by atoms with Crippen molar-refractivity contribution in [3.8, 4) is 0 Å². The number of carbonyl (C=O) groups is 2. The topological polar surface area (TPSA) is 62.3 Å². The van der Waals surface area contributed by atoms with E-state index in [1.807, 2.05) is 12.3 Å². The molecule has 116 valence electrons. The Bertz CT molecular complexity index is 501. The molecule has 2 rings (SSSR count). The molecule has 2 amide bonds. The Hall–Kier alpha value is -1.43. The van der Waals surface area contributed by atoms with Crippen LogP contribution in [0.3, 0.4) is 0 Å². The van der Waals surface area contributed by atoms with E-state index in [2.05, 4.69) is 17.2 Å². The van der Waals surface area contributed by atoms with E-state index in [1.165, 1.54) is 11.3 Å². The molecule has 6 heteroatoms. The largest absolute Gasteiger partial charge is 0.342 e. The molecule has 0 bridgehead atoms. The molecule has 0 saturated carbocycles. The molecule has 5 nitrogen and oxygen atoms in total. The van der Waals surface area contributed by atoms with Crippen LogP contribution in [0.25, 0.3) is 0 Å². The van der Waals surface area contributed by atoms with Crippen molar-refractivity contribution in [2.24, 2.45) is 5.92 Å². The molecule has 1 saturated heterocycles. The number of thiazole rings is 1. The number of anilines is 1. The van der Waals surface area contributed by atoms with Crippen molar-refractivity contribution in [2.75, 3.05) is 18.4 Å². The van der Waals surface area contributed by atoms with Crippen LogP contribution in [-0.4, -0.2) is 34.8 Å². The molecule has 0 aliphatic carbocycles. The summed E-state index contributed by atoms with van der Waals surface area (Å²) in [7, 11) is 0. The normalized spacial score (nSPS) is 18.6. The molecule has 21 heavy (non-hydrogen) atoms. The number of nitrogens with one attached hydrogen (secondary N) is 1. The summed E-state index contributed by atoms with van der Waals surface area (Å²) in [5.74, 6) is 0.000701. The number of piperidine rings is 1. The highest BCUT2D eigenvalue weighted by Gasteiger charge is 2.28. The summed E-state index contributed by atoms with van der Waals surface area (Å²) in [6.07, 6.45) is 4.22. The van der Waals surface area contributed by atoms with Gasteiger partial charge in [0, 0.05) is 24.9 Å². The maximum Gasteiger partial charge on any atom is 0.231 e. The molecular weight excluding hydrogens is 286 g/mol. The van der Waals surface area contributed by atoms with E-state index >= 15 is 0 Å². The van der Waals surface area contributed by atoms with Crippen molar-refractivity contribution in [3.63, 3.8) is 0 Å². The van der Waals surface area contributed by atoms with Gasteiger partial charge >= 0.3 is 0 Å². The minimum Gasteiger partial charge on any atom is -0.342 e. The van der Waals surface area contributed by atoms with E-state index in [-0.39, 0.29) is 17.7 Å². The molecule has 0 spiro atoms. The van der Waals surface area contributed by atoms with Crippen molar-refractivity contribution >= 4 is 28.3 Å². The number of aromatic nitrogens is 1. The van der Waals surface area contributed by atoms with E-state index in [0.29, 0.717) is 18.1 Å². The smallest absolute Gasteiger partial charge is 0.231 e. The van der Waals surface area contributed by atoms with Gasteiger partial charge in [-0.1, -0.05) is 20.3 Å². The van der Waals surface area contributed by atoms with Gasteiger partial charge in [-0.25, -0.2) is 4.98 Å².